The summed E-state index contributed by atoms with van der Waals surface area (Å²) < 4.78 is 16.9. The maximum Gasteiger partial charge on any atom is 0.191 e. The molecule has 0 aliphatic heterocycles. The van der Waals surface area contributed by atoms with E-state index >= 15 is 0 Å². The van der Waals surface area contributed by atoms with Gasteiger partial charge in [0.05, 0.1) is 19.8 Å². The van der Waals surface area contributed by atoms with Crippen molar-refractivity contribution >= 4 is 5.96 Å². The van der Waals surface area contributed by atoms with Crippen molar-refractivity contribution in [3.05, 3.63) is 59.7 Å². The third-order valence-corrected chi connectivity index (χ3v) is 4.46. The lowest BCUT2D eigenvalue weighted by Gasteiger charge is -2.15. The first kappa shape index (κ1) is 22.6. The number of rotatable bonds is 11. The highest BCUT2D eigenvalue weighted by molar-refractivity contribution is 5.79. The molecule has 1 atom stereocenters. The van der Waals surface area contributed by atoms with Crippen LogP contribution in [0, 0.1) is 0 Å². The summed E-state index contributed by atoms with van der Waals surface area (Å²) in [5.41, 5.74) is 2.29. The van der Waals surface area contributed by atoms with E-state index in [1.165, 1.54) is 5.56 Å². The van der Waals surface area contributed by atoms with E-state index in [0.717, 1.165) is 36.0 Å². The molecule has 1 unspecified atom stereocenters. The van der Waals surface area contributed by atoms with Crippen molar-refractivity contribution in [1.29, 1.82) is 0 Å². The molecule has 0 aliphatic carbocycles. The van der Waals surface area contributed by atoms with Gasteiger partial charge in [0, 0.05) is 26.7 Å². The van der Waals surface area contributed by atoms with Crippen molar-refractivity contribution in [3.63, 3.8) is 0 Å². The monoisotopic (exact) mass is 399 g/mol. The van der Waals surface area contributed by atoms with Crippen LogP contribution in [0.5, 0.6) is 11.5 Å². The van der Waals surface area contributed by atoms with Gasteiger partial charge in [-0.1, -0.05) is 36.4 Å². The van der Waals surface area contributed by atoms with Gasteiger partial charge in [0.15, 0.2) is 17.5 Å². The normalized spacial score (nSPS) is 12.3. The molecule has 6 nitrogen and oxygen atoms in total. The second-order valence-electron chi connectivity index (χ2n) is 6.55. The van der Waals surface area contributed by atoms with Crippen molar-refractivity contribution < 1.29 is 14.2 Å². The van der Waals surface area contributed by atoms with Gasteiger partial charge in [-0.3, -0.25) is 4.99 Å². The van der Waals surface area contributed by atoms with Gasteiger partial charge < -0.3 is 24.8 Å². The SMILES string of the molecule is CCOc1ccc(CNC(=NC)NCCCOC(C)c2ccccc2)cc1OC. The summed E-state index contributed by atoms with van der Waals surface area (Å²) in [5, 5.41) is 6.63. The quantitative estimate of drug-likeness (QED) is 0.341. The Labute approximate surface area is 174 Å². The standard InChI is InChI=1S/C23H33N3O3/c1-5-28-21-13-12-19(16-22(21)27-4)17-26-23(24-3)25-14-9-15-29-18(2)20-10-7-6-8-11-20/h6-8,10-13,16,18H,5,9,14-15,17H2,1-4H3,(H2,24,25,26). The zero-order chi connectivity index (χ0) is 20.9. The lowest BCUT2D eigenvalue weighted by Crippen LogP contribution is -2.37. The van der Waals surface area contributed by atoms with Crippen LogP contribution in [-0.2, 0) is 11.3 Å². The zero-order valence-electron chi connectivity index (χ0n) is 17.9. The highest BCUT2D eigenvalue weighted by atomic mass is 16.5. The Balaban J connectivity index is 1.70. The molecule has 2 rings (SSSR count). The van der Waals surface area contributed by atoms with Gasteiger partial charge in [0.25, 0.3) is 0 Å². The smallest absolute Gasteiger partial charge is 0.191 e. The third-order valence-electron chi connectivity index (χ3n) is 4.46. The van der Waals surface area contributed by atoms with Gasteiger partial charge >= 0.3 is 0 Å². The Morgan fingerprint density at radius 2 is 1.86 bits per heavy atom. The van der Waals surface area contributed by atoms with Crippen LogP contribution in [0.3, 0.4) is 0 Å². The third kappa shape index (κ3) is 7.66. The number of methoxy groups -OCH3 is 1. The Kier molecular flexibility index (Phi) is 9.86. The molecule has 0 saturated heterocycles. The summed E-state index contributed by atoms with van der Waals surface area (Å²) in [6.45, 7) is 6.76. The van der Waals surface area contributed by atoms with Crippen LogP contribution in [-0.4, -0.2) is 39.9 Å². The molecule has 6 heteroatoms. The molecule has 2 aromatic carbocycles. The van der Waals surface area contributed by atoms with Gasteiger partial charge in [-0.25, -0.2) is 0 Å². The summed E-state index contributed by atoms with van der Waals surface area (Å²) >= 11 is 0. The zero-order valence-corrected chi connectivity index (χ0v) is 17.9. The second kappa shape index (κ2) is 12.7. The minimum Gasteiger partial charge on any atom is -0.493 e. The first-order valence-electron chi connectivity index (χ1n) is 10.1. The molecule has 0 aliphatic rings. The lowest BCUT2D eigenvalue weighted by atomic mass is 10.1. The van der Waals surface area contributed by atoms with Crippen molar-refractivity contribution in [2.75, 3.05) is 33.9 Å². The van der Waals surface area contributed by atoms with Crippen molar-refractivity contribution in [1.82, 2.24) is 10.6 Å². The predicted octanol–water partition coefficient (Wildman–Crippen LogP) is 3.93. The fourth-order valence-corrected chi connectivity index (χ4v) is 2.86. The highest BCUT2D eigenvalue weighted by Crippen LogP contribution is 2.27. The average Bonchev–Trinajstić information content (AvgIpc) is 2.77. The first-order valence-corrected chi connectivity index (χ1v) is 10.1. The summed E-state index contributed by atoms with van der Waals surface area (Å²) in [5.74, 6) is 2.25. The van der Waals surface area contributed by atoms with Crippen LogP contribution < -0.4 is 20.1 Å². The molecule has 2 N–H and O–H groups in total. The maximum absolute atomic E-state index is 5.90. The number of nitrogens with one attached hydrogen (secondary N) is 2. The van der Waals surface area contributed by atoms with Crippen LogP contribution in [0.15, 0.2) is 53.5 Å². The number of guanidine groups is 1. The molecular weight excluding hydrogens is 366 g/mol. The van der Waals surface area contributed by atoms with Crippen LogP contribution in [0.4, 0.5) is 0 Å². The number of hydrogen-bond donors (Lipinski definition) is 2. The molecule has 0 bridgehead atoms. The molecule has 0 aromatic heterocycles. The minimum atomic E-state index is 0.100. The van der Waals surface area contributed by atoms with Gasteiger partial charge in [-0.15, -0.1) is 0 Å². The molecule has 158 valence electrons. The van der Waals surface area contributed by atoms with Crippen LogP contribution in [0.2, 0.25) is 0 Å². The van der Waals surface area contributed by atoms with E-state index < -0.39 is 0 Å². The molecule has 0 amide bonds. The van der Waals surface area contributed by atoms with Gasteiger partial charge in [0.2, 0.25) is 0 Å². The Morgan fingerprint density at radius 3 is 2.55 bits per heavy atom. The molecule has 0 fully saturated rings. The number of aliphatic imine (C=N–C) groups is 1. The van der Waals surface area contributed by atoms with Gasteiger partial charge in [-0.05, 0) is 43.5 Å². The number of hydrogen-bond acceptors (Lipinski definition) is 4. The Hall–Kier alpha value is -2.73. The van der Waals surface area contributed by atoms with E-state index in [0.29, 0.717) is 19.8 Å². The van der Waals surface area contributed by atoms with E-state index in [9.17, 15) is 0 Å². The fraction of sp³-hybridized carbons (Fsp3) is 0.435. The van der Waals surface area contributed by atoms with Gasteiger partial charge in [0.1, 0.15) is 0 Å². The molecule has 2 aromatic rings. The number of ether oxygens (including phenoxy) is 3. The van der Waals surface area contributed by atoms with E-state index in [1.807, 2.05) is 43.3 Å². The summed E-state index contributed by atoms with van der Waals surface area (Å²) in [6.07, 6.45) is 0.998. The van der Waals surface area contributed by atoms with E-state index in [4.69, 9.17) is 14.2 Å². The van der Waals surface area contributed by atoms with Gasteiger partial charge in [-0.2, -0.15) is 0 Å². The molecule has 0 radical (unpaired) electrons. The maximum atomic E-state index is 5.90. The molecular formula is C23H33N3O3. The van der Waals surface area contributed by atoms with E-state index in [1.54, 1.807) is 14.2 Å². The molecule has 0 heterocycles. The second-order valence-corrected chi connectivity index (χ2v) is 6.55. The summed E-state index contributed by atoms with van der Waals surface area (Å²) in [6, 6.07) is 16.2. The Morgan fingerprint density at radius 1 is 1.07 bits per heavy atom. The lowest BCUT2D eigenvalue weighted by molar-refractivity contribution is 0.0646. The number of benzene rings is 2. The first-order chi connectivity index (χ1) is 14.2. The minimum absolute atomic E-state index is 0.100. The molecule has 29 heavy (non-hydrogen) atoms. The Bertz CT molecular complexity index is 750. The van der Waals surface area contributed by atoms with Crippen molar-refractivity contribution in [2.24, 2.45) is 4.99 Å². The van der Waals surface area contributed by atoms with Crippen molar-refractivity contribution in [2.45, 2.75) is 32.9 Å². The molecule has 0 saturated carbocycles. The van der Waals surface area contributed by atoms with Crippen LogP contribution >= 0.6 is 0 Å². The summed E-state index contributed by atoms with van der Waals surface area (Å²) in [4.78, 5) is 4.27. The van der Waals surface area contributed by atoms with Crippen molar-refractivity contribution in [3.8, 4) is 11.5 Å². The summed E-state index contributed by atoms with van der Waals surface area (Å²) in [7, 11) is 3.42. The van der Waals surface area contributed by atoms with Crippen LogP contribution in [0.1, 0.15) is 37.5 Å². The largest absolute Gasteiger partial charge is 0.493 e. The molecule has 0 spiro atoms. The average molecular weight is 400 g/mol. The van der Waals surface area contributed by atoms with Crippen LogP contribution in [0.25, 0.3) is 0 Å². The van der Waals surface area contributed by atoms with E-state index in [-0.39, 0.29) is 6.10 Å². The predicted molar refractivity (Wildman–Crippen MR) is 118 cm³/mol. The number of nitrogens with zero attached hydrogens (tertiary/aromatic N) is 1. The van der Waals surface area contributed by atoms with E-state index in [2.05, 4.69) is 34.7 Å². The topological polar surface area (TPSA) is 64.1 Å². The highest BCUT2D eigenvalue weighted by Gasteiger charge is 2.07. The fourth-order valence-electron chi connectivity index (χ4n) is 2.86.